The van der Waals surface area contributed by atoms with Crippen LogP contribution in [-0.2, 0) is 6.42 Å². The van der Waals surface area contributed by atoms with Crippen LogP contribution in [0, 0.1) is 5.92 Å². The summed E-state index contributed by atoms with van der Waals surface area (Å²) in [6.07, 6.45) is 1.05. The van der Waals surface area contributed by atoms with Crippen molar-refractivity contribution in [3.63, 3.8) is 0 Å². The van der Waals surface area contributed by atoms with E-state index in [9.17, 15) is 9.90 Å². The summed E-state index contributed by atoms with van der Waals surface area (Å²) in [7, 11) is 0. The molecule has 2 aliphatic rings. The molecule has 0 heterocycles. The van der Waals surface area contributed by atoms with E-state index in [0.29, 0.717) is 11.8 Å². The van der Waals surface area contributed by atoms with E-state index >= 15 is 0 Å². The zero-order valence-electron chi connectivity index (χ0n) is 12.8. The zero-order valence-corrected chi connectivity index (χ0v) is 12.8. The quantitative estimate of drug-likeness (QED) is 0.812. The average molecular weight is 308 g/mol. The SMILES string of the molecule is O=C(N[C@@H]1[C@@H]2Cc3ccccc3[C@H]21)N[C@H](CO)c1ccccc1. The van der Waals surface area contributed by atoms with Gasteiger partial charge in [-0.25, -0.2) is 4.79 Å². The van der Waals surface area contributed by atoms with Crippen molar-refractivity contribution in [1.82, 2.24) is 10.6 Å². The number of hydrogen-bond acceptors (Lipinski definition) is 2. The normalized spacial score (nSPS) is 25.2. The monoisotopic (exact) mass is 308 g/mol. The molecule has 0 aliphatic heterocycles. The smallest absolute Gasteiger partial charge is 0.315 e. The molecule has 23 heavy (non-hydrogen) atoms. The van der Waals surface area contributed by atoms with E-state index in [0.717, 1.165) is 12.0 Å². The molecular formula is C19H20N2O2. The Morgan fingerprint density at radius 3 is 2.65 bits per heavy atom. The van der Waals surface area contributed by atoms with Crippen molar-refractivity contribution < 1.29 is 9.90 Å². The molecule has 0 saturated heterocycles. The van der Waals surface area contributed by atoms with Crippen LogP contribution in [0.25, 0.3) is 0 Å². The van der Waals surface area contributed by atoms with Gasteiger partial charge in [0, 0.05) is 12.0 Å². The third-order valence-corrected chi connectivity index (χ3v) is 5.03. The predicted molar refractivity (Wildman–Crippen MR) is 88.1 cm³/mol. The number of amides is 2. The molecule has 0 radical (unpaired) electrons. The van der Waals surface area contributed by atoms with Gasteiger partial charge in [0.05, 0.1) is 12.6 Å². The second-order valence-electron chi connectivity index (χ2n) is 6.38. The molecular weight excluding hydrogens is 288 g/mol. The van der Waals surface area contributed by atoms with Crippen LogP contribution < -0.4 is 10.6 Å². The lowest BCUT2D eigenvalue weighted by Gasteiger charge is -2.18. The molecule has 4 atom stereocenters. The van der Waals surface area contributed by atoms with Crippen molar-refractivity contribution in [2.24, 2.45) is 5.92 Å². The highest BCUT2D eigenvalue weighted by atomic mass is 16.3. The fraction of sp³-hybridized carbons (Fsp3) is 0.316. The topological polar surface area (TPSA) is 61.4 Å². The number of nitrogens with one attached hydrogen (secondary N) is 2. The third-order valence-electron chi connectivity index (χ3n) is 5.03. The number of hydrogen-bond donors (Lipinski definition) is 3. The molecule has 4 nitrogen and oxygen atoms in total. The summed E-state index contributed by atoms with van der Waals surface area (Å²) in [5, 5.41) is 15.5. The second kappa shape index (κ2) is 5.70. The van der Waals surface area contributed by atoms with E-state index in [2.05, 4.69) is 34.9 Å². The van der Waals surface area contributed by atoms with Crippen molar-refractivity contribution in [1.29, 1.82) is 0 Å². The first-order valence-corrected chi connectivity index (χ1v) is 8.08. The van der Waals surface area contributed by atoms with Crippen molar-refractivity contribution in [2.45, 2.75) is 24.4 Å². The molecule has 0 aromatic heterocycles. The number of aliphatic hydroxyl groups is 1. The van der Waals surface area contributed by atoms with Gasteiger partial charge in [0.2, 0.25) is 0 Å². The van der Waals surface area contributed by atoms with E-state index in [1.807, 2.05) is 30.3 Å². The lowest BCUT2D eigenvalue weighted by atomic mass is 10.1. The van der Waals surface area contributed by atoms with Crippen molar-refractivity contribution in [3.05, 3.63) is 71.3 Å². The van der Waals surface area contributed by atoms with Crippen molar-refractivity contribution in [3.8, 4) is 0 Å². The maximum atomic E-state index is 12.2. The Hall–Kier alpha value is -2.33. The third kappa shape index (κ3) is 2.59. The van der Waals surface area contributed by atoms with Gasteiger partial charge in [-0.05, 0) is 29.0 Å². The summed E-state index contributed by atoms with van der Waals surface area (Å²) in [6, 6.07) is 17.7. The lowest BCUT2D eigenvalue weighted by molar-refractivity contribution is 0.216. The summed E-state index contributed by atoms with van der Waals surface area (Å²) in [5.74, 6) is 0.990. The van der Waals surface area contributed by atoms with Crippen LogP contribution in [0.1, 0.15) is 28.7 Å². The summed E-state index contributed by atoms with van der Waals surface area (Å²) in [6.45, 7) is -0.113. The summed E-state index contributed by atoms with van der Waals surface area (Å²) in [4.78, 5) is 12.2. The number of fused-ring (bicyclic) bond motifs is 3. The van der Waals surface area contributed by atoms with Crippen LogP contribution in [0.2, 0.25) is 0 Å². The van der Waals surface area contributed by atoms with Gasteiger partial charge in [-0.1, -0.05) is 54.6 Å². The number of carbonyl (C=O) groups excluding carboxylic acids is 1. The largest absolute Gasteiger partial charge is 0.394 e. The highest BCUT2D eigenvalue weighted by molar-refractivity contribution is 5.76. The van der Waals surface area contributed by atoms with Crippen LogP contribution in [0.5, 0.6) is 0 Å². The lowest BCUT2D eigenvalue weighted by Crippen LogP contribution is -2.41. The van der Waals surface area contributed by atoms with Gasteiger partial charge < -0.3 is 15.7 Å². The summed E-state index contributed by atoms with van der Waals surface area (Å²) >= 11 is 0. The van der Waals surface area contributed by atoms with Gasteiger partial charge in [-0.3, -0.25) is 0 Å². The highest BCUT2D eigenvalue weighted by Crippen LogP contribution is 2.56. The molecule has 0 spiro atoms. The molecule has 2 aromatic carbocycles. The minimum Gasteiger partial charge on any atom is -0.394 e. The Balaban J connectivity index is 1.37. The Kier molecular flexibility index (Phi) is 3.54. The maximum absolute atomic E-state index is 12.2. The van der Waals surface area contributed by atoms with E-state index in [1.165, 1.54) is 11.1 Å². The van der Waals surface area contributed by atoms with Crippen molar-refractivity contribution in [2.75, 3.05) is 6.61 Å². The average Bonchev–Trinajstić information content (AvgIpc) is 3.09. The van der Waals surface area contributed by atoms with Crippen LogP contribution in [0.3, 0.4) is 0 Å². The number of rotatable bonds is 4. The van der Waals surface area contributed by atoms with Gasteiger partial charge in [-0.2, -0.15) is 0 Å². The van der Waals surface area contributed by atoms with E-state index in [-0.39, 0.29) is 24.7 Å². The Labute approximate surface area is 135 Å². The van der Waals surface area contributed by atoms with Gasteiger partial charge in [0.15, 0.2) is 0 Å². The summed E-state index contributed by atoms with van der Waals surface area (Å²) < 4.78 is 0. The molecule has 3 N–H and O–H groups in total. The number of aliphatic hydroxyl groups excluding tert-OH is 1. The minimum atomic E-state index is -0.373. The fourth-order valence-electron chi connectivity index (χ4n) is 3.82. The van der Waals surface area contributed by atoms with Gasteiger partial charge in [0.1, 0.15) is 0 Å². The number of benzene rings is 2. The van der Waals surface area contributed by atoms with E-state index in [1.54, 1.807) is 0 Å². The molecule has 2 amide bonds. The standard InChI is InChI=1S/C19H20N2O2/c22-11-16(12-6-2-1-3-7-12)20-19(23)21-18-15-10-13-8-4-5-9-14(13)17(15)18/h1-9,15-18,22H,10-11H2,(H2,20,21,23)/t15-,16-,17-,18-/m1/s1. The van der Waals surface area contributed by atoms with Gasteiger partial charge in [-0.15, -0.1) is 0 Å². The molecule has 1 fully saturated rings. The van der Waals surface area contributed by atoms with Gasteiger partial charge >= 0.3 is 6.03 Å². The van der Waals surface area contributed by atoms with E-state index in [4.69, 9.17) is 0 Å². The molecule has 4 heteroatoms. The first-order valence-electron chi connectivity index (χ1n) is 8.08. The number of urea groups is 1. The molecule has 1 saturated carbocycles. The Bertz CT molecular complexity index is 716. The predicted octanol–water partition coefficient (Wildman–Crippen LogP) is 2.36. The molecule has 0 bridgehead atoms. The van der Waals surface area contributed by atoms with Crippen LogP contribution >= 0.6 is 0 Å². The molecule has 4 rings (SSSR count). The summed E-state index contributed by atoms with van der Waals surface area (Å²) in [5.41, 5.74) is 3.70. The fourth-order valence-corrected chi connectivity index (χ4v) is 3.82. The van der Waals surface area contributed by atoms with Crippen LogP contribution in [0.4, 0.5) is 4.79 Å². The van der Waals surface area contributed by atoms with Crippen molar-refractivity contribution >= 4 is 6.03 Å². The first-order chi connectivity index (χ1) is 11.3. The minimum absolute atomic E-state index is 0.113. The van der Waals surface area contributed by atoms with E-state index < -0.39 is 0 Å². The van der Waals surface area contributed by atoms with Crippen LogP contribution in [-0.4, -0.2) is 23.8 Å². The maximum Gasteiger partial charge on any atom is 0.315 e. The first kappa shape index (κ1) is 14.3. The number of carbonyl (C=O) groups is 1. The molecule has 0 unspecified atom stereocenters. The Morgan fingerprint density at radius 1 is 1.13 bits per heavy atom. The van der Waals surface area contributed by atoms with Crippen LogP contribution in [0.15, 0.2) is 54.6 Å². The highest BCUT2D eigenvalue weighted by Gasteiger charge is 2.56. The zero-order chi connectivity index (χ0) is 15.8. The molecule has 118 valence electrons. The molecule has 2 aliphatic carbocycles. The second-order valence-corrected chi connectivity index (χ2v) is 6.38. The molecule has 2 aromatic rings. The Morgan fingerprint density at radius 2 is 1.87 bits per heavy atom. The van der Waals surface area contributed by atoms with Gasteiger partial charge in [0.25, 0.3) is 0 Å².